The lowest BCUT2D eigenvalue weighted by atomic mass is 9.87. The number of carbonyl (C=O) groups excluding carboxylic acids is 1. The van der Waals surface area contributed by atoms with Gasteiger partial charge in [-0.3, -0.25) is 4.79 Å². The van der Waals surface area contributed by atoms with Crippen molar-refractivity contribution in [1.82, 2.24) is 20.1 Å². The molecule has 0 saturated carbocycles. The van der Waals surface area contributed by atoms with Crippen molar-refractivity contribution in [1.29, 1.82) is 0 Å². The van der Waals surface area contributed by atoms with E-state index >= 15 is 0 Å². The highest BCUT2D eigenvalue weighted by Crippen LogP contribution is 2.27. The monoisotopic (exact) mass is 452 g/mol. The minimum Gasteiger partial charge on any atom is -0.483 e. The molecule has 0 aliphatic heterocycles. The Hall–Kier alpha value is -2.80. The summed E-state index contributed by atoms with van der Waals surface area (Å²) < 4.78 is 7.96. The summed E-state index contributed by atoms with van der Waals surface area (Å²) in [4.78, 5) is 12.4. The maximum atomic E-state index is 12.4. The van der Waals surface area contributed by atoms with Crippen LogP contribution in [0, 0.1) is 0 Å². The molecule has 1 aromatic heterocycles. The minimum absolute atomic E-state index is 0.0425. The molecule has 1 N–H and O–H groups in total. The number of hydrogen-bond donors (Lipinski definition) is 1. The Bertz CT molecular complexity index is 1030. The number of benzene rings is 2. The van der Waals surface area contributed by atoms with E-state index in [1.807, 2.05) is 67.9 Å². The second-order valence-corrected chi connectivity index (χ2v) is 9.87. The zero-order valence-corrected chi connectivity index (χ0v) is 20.4. The number of amides is 1. The van der Waals surface area contributed by atoms with Gasteiger partial charge < -0.3 is 14.6 Å². The molecule has 0 saturated heterocycles. The molecule has 32 heavy (non-hydrogen) atoms. The van der Waals surface area contributed by atoms with E-state index in [1.165, 1.54) is 17.3 Å². The van der Waals surface area contributed by atoms with Gasteiger partial charge in [-0.1, -0.05) is 75.0 Å². The minimum atomic E-state index is -0.269. The second kappa shape index (κ2) is 10.2. The molecule has 1 heterocycles. The van der Waals surface area contributed by atoms with E-state index in [0.717, 1.165) is 11.3 Å². The Labute approximate surface area is 194 Å². The Balaban J connectivity index is 1.55. The SMILES string of the molecule is CC(NC(=O)CSc1nnc(C(C)Oc2ccc(C(C)(C)C)cc2)n1C)c1ccccc1. The second-order valence-electron chi connectivity index (χ2n) is 8.92. The lowest BCUT2D eigenvalue weighted by molar-refractivity contribution is -0.119. The number of hydrogen-bond acceptors (Lipinski definition) is 5. The van der Waals surface area contributed by atoms with Crippen molar-refractivity contribution in [2.45, 2.75) is 57.3 Å². The van der Waals surface area contributed by atoms with Gasteiger partial charge in [0, 0.05) is 7.05 Å². The maximum Gasteiger partial charge on any atom is 0.230 e. The van der Waals surface area contributed by atoms with E-state index < -0.39 is 0 Å². The van der Waals surface area contributed by atoms with Gasteiger partial charge in [0.2, 0.25) is 5.91 Å². The molecule has 0 aliphatic rings. The fraction of sp³-hybridized carbons (Fsp3) is 0.400. The fourth-order valence-electron chi connectivity index (χ4n) is 3.33. The molecule has 0 spiro atoms. The topological polar surface area (TPSA) is 69.0 Å². The largest absolute Gasteiger partial charge is 0.483 e. The van der Waals surface area contributed by atoms with E-state index in [9.17, 15) is 4.79 Å². The molecule has 3 aromatic rings. The van der Waals surface area contributed by atoms with E-state index in [-0.39, 0.29) is 29.2 Å². The molecular weight excluding hydrogens is 420 g/mol. The Morgan fingerprint density at radius 1 is 1.06 bits per heavy atom. The van der Waals surface area contributed by atoms with Gasteiger partial charge in [-0.05, 0) is 42.5 Å². The summed E-state index contributed by atoms with van der Waals surface area (Å²) in [5.41, 5.74) is 2.44. The quantitative estimate of drug-likeness (QED) is 0.475. The van der Waals surface area contributed by atoms with Crippen molar-refractivity contribution in [3.05, 3.63) is 71.5 Å². The molecule has 2 aromatic carbocycles. The van der Waals surface area contributed by atoms with Crippen molar-refractivity contribution in [3.8, 4) is 5.75 Å². The Morgan fingerprint density at radius 3 is 2.34 bits per heavy atom. The average molecular weight is 453 g/mol. The molecule has 3 rings (SSSR count). The molecule has 0 bridgehead atoms. The van der Waals surface area contributed by atoms with Crippen LogP contribution in [0.3, 0.4) is 0 Å². The van der Waals surface area contributed by atoms with E-state index in [1.54, 1.807) is 0 Å². The first kappa shape index (κ1) is 23.9. The van der Waals surface area contributed by atoms with Gasteiger partial charge in [0.05, 0.1) is 11.8 Å². The molecule has 6 nitrogen and oxygen atoms in total. The molecule has 0 fully saturated rings. The summed E-state index contributed by atoms with van der Waals surface area (Å²) in [7, 11) is 1.89. The van der Waals surface area contributed by atoms with E-state index in [0.29, 0.717) is 11.0 Å². The molecule has 2 unspecified atom stereocenters. The summed E-state index contributed by atoms with van der Waals surface area (Å²) >= 11 is 1.36. The first-order chi connectivity index (χ1) is 15.1. The maximum absolute atomic E-state index is 12.4. The molecular formula is C25H32N4O2S. The highest BCUT2D eigenvalue weighted by molar-refractivity contribution is 7.99. The highest BCUT2D eigenvalue weighted by atomic mass is 32.2. The first-order valence-corrected chi connectivity index (χ1v) is 11.8. The van der Waals surface area contributed by atoms with Crippen LogP contribution < -0.4 is 10.1 Å². The summed E-state index contributed by atoms with van der Waals surface area (Å²) in [6.07, 6.45) is -0.269. The van der Waals surface area contributed by atoms with Crippen LogP contribution in [0.15, 0.2) is 59.8 Å². The van der Waals surface area contributed by atoms with Gasteiger partial charge in [0.1, 0.15) is 5.75 Å². The average Bonchev–Trinajstić information content (AvgIpc) is 3.13. The standard InChI is InChI=1S/C25H32N4O2S/c1-17(19-10-8-7-9-11-19)26-22(30)16-32-24-28-27-23(29(24)6)18(2)31-21-14-12-20(13-15-21)25(3,4)5/h7-15,17-18H,16H2,1-6H3,(H,26,30). The first-order valence-electron chi connectivity index (χ1n) is 10.8. The fourth-order valence-corrected chi connectivity index (χ4v) is 4.06. The van der Waals surface area contributed by atoms with Gasteiger partial charge in [-0.25, -0.2) is 0 Å². The highest BCUT2D eigenvalue weighted by Gasteiger charge is 2.19. The van der Waals surface area contributed by atoms with Gasteiger partial charge in [0.25, 0.3) is 0 Å². The molecule has 2 atom stereocenters. The number of nitrogens with zero attached hydrogens (tertiary/aromatic N) is 3. The normalized spacial score (nSPS) is 13.4. The molecule has 0 radical (unpaired) electrons. The van der Waals surface area contributed by atoms with Crippen LogP contribution in [-0.4, -0.2) is 26.4 Å². The lowest BCUT2D eigenvalue weighted by Gasteiger charge is -2.20. The van der Waals surface area contributed by atoms with Crippen LogP contribution in [0.1, 0.15) is 63.7 Å². The zero-order valence-electron chi connectivity index (χ0n) is 19.6. The van der Waals surface area contributed by atoms with Crippen molar-refractivity contribution < 1.29 is 9.53 Å². The predicted octanol–water partition coefficient (Wildman–Crippen LogP) is 5.22. The molecule has 170 valence electrons. The summed E-state index contributed by atoms with van der Waals surface area (Å²) in [5, 5.41) is 12.2. The van der Waals surface area contributed by atoms with E-state index in [4.69, 9.17) is 4.74 Å². The zero-order chi connectivity index (χ0) is 23.3. The van der Waals surface area contributed by atoms with Crippen molar-refractivity contribution in [2.75, 3.05) is 5.75 Å². The van der Waals surface area contributed by atoms with E-state index in [2.05, 4.69) is 48.4 Å². The third-order valence-electron chi connectivity index (χ3n) is 5.27. The number of aromatic nitrogens is 3. The van der Waals surface area contributed by atoms with Gasteiger partial charge in [-0.15, -0.1) is 10.2 Å². The molecule has 0 aliphatic carbocycles. The number of carbonyl (C=O) groups is 1. The van der Waals surface area contributed by atoms with Gasteiger partial charge >= 0.3 is 0 Å². The number of ether oxygens (including phenoxy) is 1. The van der Waals surface area contributed by atoms with Crippen molar-refractivity contribution >= 4 is 17.7 Å². The predicted molar refractivity (Wildman–Crippen MR) is 129 cm³/mol. The van der Waals surface area contributed by atoms with Crippen LogP contribution in [0.4, 0.5) is 0 Å². The van der Waals surface area contributed by atoms with Crippen LogP contribution in [0.5, 0.6) is 5.75 Å². The van der Waals surface area contributed by atoms with Crippen LogP contribution in [0.2, 0.25) is 0 Å². The Kier molecular flexibility index (Phi) is 7.61. The number of nitrogens with one attached hydrogen (secondary N) is 1. The Morgan fingerprint density at radius 2 is 1.72 bits per heavy atom. The summed E-state index contributed by atoms with van der Waals surface area (Å²) in [5.74, 6) is 1.73. The van der Waals surface area contributed by atoms with Crippen molar-refractivity contribution in [2.24, 2.45) is 7.05 Å². The van der Waals surface area contributed by atoms with Crippen LogP contribution in [0.25, 0.3) is 0 Å². The van der Waals surface area contributed by atoms with Crippen molar-refractivity contribution in [3.63, 3.8) is 0 Å². The van der Waals surface area contributed by atoms with Gasteiger partial charge in [0.15, 0.2) is 17.1 Å². The number of rotatable bonds is 8. The smallest absolute Gasteiger partial charge is 0.230 e. The number of thioether (sulfide) groups is 1. The summed E-state index contributed by atoms with van der Waals surface area (Å²) in [6, 6.07) is 18.0. The lowest BCUT2D eigenvalue weighted by Crippen LogP contribution is -2.28. The van der Waals surface area contributed by atoms with Crippen LogP contribution >= 0.6 is 11.8 Å². The van der Waals surface area contributed by atoms with Gasteiger partial charge in [-0.2, -0.15) is 0 Å². The molecule has 7 heteroatoms. The third kappa shape index (κ3) is 6.13. The van der Waals surface area contributed by atoms with Crippen LogP contribution in [-0.2, 0) is 17.3 Å². The third-order valence-corrected chi connectivity index (χ3v) is 6.30. The summed E-state index contributed by atoms with van der Waals surface area (Å²) in [6.45, 7) is 10.5. The molecule has 1 amide bonds.